The molecule has 0 atom stereocenters. The van der Waals surface area contributed by atoms with Gasteiger partial charge in [-0.2, -0.15) is 0 Å². The Labute approximate surface area is 109 Å². The molecule has 5 nitrogen and oxygen atoms in total. The maximum absolute atomic E-state index is 11.8. The molecule has 0 aliphatic carbocycles. The smallest absolute Gasteiger partial charge is 0.258 e. The van der Waals surface area contributed by atoms with E-state index < -0.39 is 10.0 Å². The van der Waals surface area contributed by atoms with Crippen molar-refractivity contribution in [2.45, 2.75) is 44.8 Å². The third-order valence-electron chi connectivity index (χ3n) is 2.33. The number of nitrogens with zero attached hydrogens (tertiary/aromatic N) is 1. The van der Waals surface area contributed by atoms with Crippen molar-refractivity contribution in [2.75, 3.05) is 6.54 Å². The molecule has 0 radical (unpaired) electrons. The quantitative estimate of drug-likeness (QED) is 0.783. The monoisotopic (exact) mass is 271 g/mol. The first-order valence-corrected chi connectivity index (χ1v) is 7.62. The second-order valence-corrected chi connectivity index (χ2v) is 6.15. The Balaban J connectivity index is 2.70. The minimum atomic E-state index is -3.45. The lowest BCUT2D eigenvalue weighted by Gasteiger charge is -2.08. The van der Waals surface area contributed by atoms with Crippen molar-refractivity contribution in [1.82, 2.24) is 15.0 Å². The predicted octanol–water partition coefficient (Wildman–Crippen LogP) is 1.27. The van der Waals surface area contributed by atoms with Crippen molar-refractivity contribution in [3.05, 3.63) is 23.9 Å². The highest BCUT2D eigenvalue weighted by Gasteiger charge is 2.14. The molecule has 0 unspecified atom stereocenters. The zero-order valence-electron chi connectivity index (χ0n) is 11.1. The van der Waals surface area contributed by atoms with Gasteiger partial charge in [-0.1, -0.05) is 26.8 Å². The van der Waals surface area contributed by atoms with Crippen LogP contribution in [0, 0.1) is 0 Å². The lowest BCUT2D eigenvalue weighted by Crippen LogP contribution is -2.25. The molecule has 0 spiro atoms. The topological polar surface area (TPSA) is 71.1 Å². The second kappa shape index (κ2) is 6.82. The molecular weight excluding hydrogens is 250 g/mol. The largest absolute Gasteiger partial charge is 0.310 e. The number of sulfonamides is 1. The van der Waals surface area contributed by atoms with Gasteiger partial charge in [0, 0.05) is 25.3 Å². The standard InChI is InChI=1S/C12H21N3O2S/c1-4-7-15-18(16,17)12-6-5-11(9-14-12)8-13-10(2)3/h5-6,9-10,13,15H,4,7-8H2,1-3H3. The van der Waals surface area contributed by atoms with Crippen LogP contribution < -0.4 is 10.0 Å². The van der Waals surface area contributed by atoms with Crippen LogP contribution in [0.3, 0.4) is 0 Å². The lowest BCUT2D eigenvalue weighted by molar-refractivity contribution is 0.574. The molecule has 6 heteroatoms. The van der Waals surface area contributed by atoms with Crippen LogP contribution in [0.2, 0.25) is 0 Å². The molecule has 0 bridgehead atoms. The number of hydrogen-bond acceptors (Lipinski definition) is 4. The molecule has 1 heterocycles. The number of nitrogens with one attached hydrogen (secondary N) is 2. The van der Waals surface area contributed by atoms with E-state index in [1.54, 1.807) is 12.3 Å². The van der Waals surface area contributed by atoms with Gasteiger partial charge in [0.15, 0.2) is 5.03 Å². The van der Waals surface area contributed by atoms with Crippen LogP contribution in [0.1, 0.15) is 32.8 Å². The van der Waals surface area contributed by atoms with Gasteiger partial charge in [0.2, 0.25) is 0 Å². The molecule has 102 valence electrons. The van der Waals surface area contributed by atoms with Gasteiger partial charge >= 0.3 is 0 Å². The first-order valence-electron chi connectivity index (χ1n) is 6.13. The van der Waals surface area contributed by atoms with E-state index in [0.717, 1.165) is 12.0 Å². The summed E-state index contributed by atoms with van der Waals surface area (Å²) in [7, 11) is -3.45. The highest BCUT2D eigenvalue weighted by molar-refractivity contribution is 7.89. The highest BCUT2D eigenvalue weighted by atomic mass is 32.2. The molecule has 0 aliphatic heterocycles. The van der Waals surface area contributed by atoms with Gasteiger partial charge in [0.25, 0.3) is 10.0 Å². The number of pyridine rings is 1. The summed E-state index contributed by atoms with van der Waals surface area (Å²) >= 11 is 0. The molecule has 0 aromatic carbocycles. The Bertz CT molecular complexity index is 455. The normalized spacial score (nSPS) is 12.0. The Morgan fingerprint density at radius 3 is 2.56 bits per heavy atom. The van der Waals surface area contributed by atoms with E-state index >= 15 is 0 Å². The zero-order valence-corrected chi connectivity index (χ0v) is 11.9. The molecule has 0 amide bonds. The van der Waals surface area contributed by atoms with Crippen LogP contribution in [0.15, 0.2) is 23.4 Å². The Morgan fingerprint density at radius 2 is 2.06 bits per heavy atom. The molecule has 0 saturated carbocycles. The van der Waals surface area contributed by atoms with Crippen molar-refractivity contribution in [1.29, 1.82) is 0 Å². The van der Waals surface area contributed by atoms with E-state index in [2.05, 4.69) is 28.9 Å². The summed E-state index contributed by atoms with van der Waals surface area (Å²) in [5.74, 6) is 0. The molecule has 1 rings (SSSR count). The van der Waals surface area contributed by atoms with Crippen LogP contribution >= 0.6 is 0 Å². The fourth-order valence-corrected chi connectivity index (χ4v) is 2.37. The van der Waals surface area contributed by atoms with Crippen molar-refractivity contribution in [2.24, 2.45) is 0 Å². The Hall–Kier alpha value is -0.980. The van der Waals surface area contributed by atoms with Crippen LogP contribution in [-0.4, -0.2) is 26.0 Å². The van der Waals surface area contributed by atoms with Gasteiger partial charge in [0.05, 0.1) is 0 Å². The fourth-order valence-electron chi connectivity index (χ4n) is 1.31. The Morgan fingerprint density at radius 1 is 1.33 bits per heavy atom. The third-order valence-corrected chi connectivity index (χ3v) is 3.71. The maximum atomic E-state index is 11.8. The summed E-state index contributed by atoms with van der Waals surface area (Å²) in [6, 6.07) is 3.71. The van der Waals surface area contributed by atoms with E-state index in [1.165, 1.54) is 6.07 Å². The fraction of sp³-hybridized carbons (Fsp3) is 0.583. The van der Waals surface area contributed by atoms with Crippen LogP contribution in [0.25, 0.3) is 0 Å². The molecule has 1 aromatic rings. The molecule has 0 saturated heterocycles. The summed E-state index contributed by atoms with van der Waals surface area (Å²) in [6.45, 7) is 7.15. The molecular formula is C12H21N3O2S. The molecule has 1 aromatic heterocycles. The zero-order chi connectivity index (χ0) is 13.6. The van der Waals surface area contributed by atoms with Crippen molar-refractivity contribution in [3.63, 3.8) is 0 Å². The van der Waals surface area contributed by atoms with Crippen molar-refractivity contribution >= 4 is 10.0 Å². The van der Waals surface area contributed by atoms with E-state index in [1.807, 2.05) is 6.92 Å². The first-order chi connectivity index (χ1) is 8.45. The first kappa shape index (κ1) is 15.1. The number of aromatic nitrogens is 1. The van der Waals surface area contributed by atoms with Crippen molar-refractivity contribution in [3.8, 4) is 0 Å². The van der Waals surface area contributed by atoms with Gasteiger partial charge in [-0.05, 0) is 18.1 Å². The average Bonchev–Trinajstić information content (AvgIpc) is 2.34. The lowest BCUT2D eigenvalue weighted by atomic mass is 10.2. The van der Waals surface area contributed by atoms with Crippen molar-refractivity contribution < 1.29 is 8.42 Å². The number of rotatable bonds is 7. The second-order valence-electron chi connectivity index (χ2n) is 4.44. The number of hydrogen-bond donors (Lipinski definition) is 2. The maximum Gasteiger partial charge on any atom is 0.258 e. The van der Waals surface area contributed by atoms with Crippen LogP contribution in [-0.2, 0) is 16.6 Å². The van der Waals surface area contributed by atoms with Gasteiger partial charge in [-0.25, -0.2) is 18.1 Å². The van der Waals surface area contributed by atoms with E-state index in [0.29, 0.717) is 19.1 Å². The summed E-state index contributed by atoms with van der Waals surface area (Å²) in [5.41, 5.74) is 0.971. The van der Waals surface area contributed by atoms with E-state index in [4.69, 9.17) is 0 Å². The SMILES string of the molecule is CCCNS(=O)(=O)c1ccc(CNC(C)C)cn1. The van der Waals surface area contributed by atoms with Gasteiger partial charge in [0.1, 0.15) is 0 Å². The van der Waals surface area contributed by atoms with E-state index in [-0.39, 0.29) is 5.03 Å². The predicted molar refractivity (Wildman–Crippen MR) is 71.7 cm³/mol. The molecule has 0 aliphatic rings. The Kier molecular flexibility index (Phi) is 5.71. The molecule has 2 N–H and O–H groups in total. The van der Waals surface area contributed by atoms with Crippen LogP contribution in [0.4, 0.5) is 0 Å². The highest BCUT2D eigenvalue weighted by Crippen LogP contribution is 2.06. The molecule has 18 heavy (non-hydrogen) atoms. The molecule has 0 fully saturated rings. The van der Waals surface area contributed by atoms with Gasteiger partial charge in [-0.3, -0.25) is 0 Å². The summed E-state index contributed by atoms with van der Waals surface area (Å²) in [4.78, 5) is 3.99. The van der Waals surface area contributed by atoms with E-state index in [9.17, 15) is 8.42 Å². The minimum absolute atomic E-state index is 0.0734. The summed E-state index contributed by atoms with van der Waals surface area (Å²) in [5, 5.41) is 3.32. The van der Waals surface area contributed by atoms with Crippen LogP contribution in [0.5, 0.6) is 0 Å². The third kappa shape index (κ3) is 4.72. The van der Waals surface area contributed by atoms with Gasteiger partial charge < -0.3 is 5.32 Å². The average molecular weight is 271 g/mol. The van der Waals surface area contributed by atoms with Gasteiger partial charge in [-0.15, -0.1) is 0 Å². The minimum Gasteiger partial charge on any atom is -0.310 e. The summed E-state index contributed by atoms with van der Waals surface area (Å²) in [6.07, 6.45) is 2.35. The summed E-state index contributed by atoms with van der Waals surface area (Å²) < 4.78 is 26.0.